The highest BCUT2D eigenvalue weighted by atomic mass is 32.2. The fourth-order valence-electron chi connectivity index (χ4n) is 1.93. The molecule has 1 N–H and O–H groups in total. The Balaban J connectivity index is 1.60. The lowest BCUT2D eigenvalue weighted by Gasteiger charge is -2.08. The maximum absolute atomic E-state index is 11.8. The molecule has 0 aromatic carbocycles. The van der Waals surface area contributed by atoms with Crippen molar-refractivity contribution in [2.24, 2.45) is 5.92 Å². The van der Waals surface area contributed by atoms with E-state index in [1.165, 1.54) is 0 Å². The first kappa shape index (κ1) is 15.7. The van der Waals surface area contributed by atoms with Crippen molar-refractivity contribution in [3.63, 3.8) is 0 Å². The van der Waals surface area contributed by atoms with Crippen molar-refractivity contribution in [1.29, 1.82) is 0 Å². The number of carbonyl (C=O) groups excluding carboxylic acids is 1. The van der Waals surface area contributed by atoms with E-state index >= 15 is 0 Å². The van der Waals surface area contributed by atoms with Gasteiger partial charge >= 0.3 is 0 Å². The predicted octanol–water partition coefficient (Wildman–Crippen LogP) is 0.880. The van der Waals surface area contributed by atoms with E-state index in [2.05, 4.69) is 15.5 Å². The summed E-state index contributed by atoms with van der Waals surface area (Å²) in [5.41, 5.74) is 0. The minimum absolute atomic E-state index is 0.00234. The SMILES string of the molecule is Cc1nnc(SCCCNC(=O)C2CCS(=O)(=O)C2)s1. The van der Waals surface area contributed by atoms with Gasteiger partial charge in [0, 0.05) is 12.3 Å². The van der Waals surface area contributed by atoms with Gasteiger partial charge in [-0.3, -0.25) is 4.79 Å². The summed E-state index contributed by atoms with van der Waals surface area (Å²) in [4.78, 5) is 11.8. The Morgan fingerprint density at radius 2 is 2.30 bits per heavy atom. The molecule has 0 saturated carbocycles. The molecule has 9 heteroatoms. The molecule has 6 nitrogen and oxygen atoms in total. The molecular formula is C11H17N3O3S3. The molecule has 20 heavy (non-hydrogen) atoms. The summed E-state index contributed by atoms with van der Waals surface area (Å²) in [6.45, 7) is 2.48. The third-order valence-electron chi connectivity index (χ3n) is 2.96. The quantitative estimate of drug-likeness (QED) is 0.613. The second-order valence-electron chi connectivity index (χ2n) is 4.68. The van der Waals surface area contributed by atoms with Crippen LogP contribution in [0.15, 0.2) is 4.34 Å². The zero-order valence-corrected chi connectivity index (χ0v) is 13.6. The van der Waals surface area contributed by atoms with E-state index in [0.29, 0.717) is 13.0 Å². The number of thioether (sulfide) groups is 1. The predicted molar refractivity (Wildman–Crippen MR) is 79.8 cm³/mol. The van der Waals surface area contributed by atoms with E-state index in [9.17, 15) is 13.2 Å². The Kier molecular flexibility index (Phi) is 5.39. The molecule has 1 aromatic heterocycles. The summed E-state index contributed by atoms with van der Waals surface area (Å²) in [7, 11) is -2.99. The fraction of sp³-hybridized carbons (Fsp3) is 0.727. The van der Waals surface area contributed by atoms with Crippen LogP contribution in [0.1, 0.15) is 17.8 Å². The van der Waals surface area contributed by atoms with Crippen LogP contribution in [0, 0.1) is 12.8 Å². The lowest BCUT2D eigenvalue weighted by Crippen LogP contribution is -2.32. The molecule has 2 rings (SSSR count). The molecule has 0 aliphatic carbocycles. The van der Waals surface area contributed by atoms with Gasteiger partial charge in [0.15, 0.2) is 14.2 Å². The zero-order chi connectivity index (χ0) is 14.6. The Hall–Kier alpha value is -0.670. The van der Waals surface area contributed by atoms with Gasteiger partial charge in [-0.2, -0.15) is 0 Å². The Morgan fingerprint density at radius 3 is 2.90 bits per heavy atom. The van der Waals surface area contributed by atoms with Gasteiger partial charge in [0.1, 0.15) is 5.01 Å². The van der Waals surface area contributed by atoms with Gasteiger partial charge < -0.3 is 5.32 Å². The molecule has 1 atom stereocenters. The first-order valence-corrected chi connectivity index (χ1v) is 10.00. The summed E-state index contributed by atoms with van der Waals surface area (Å²) in [6, 6.07) is 0. The number of sulfone groups is 1. The molecule has 1 unspecified atom stereocenters. The minimum Gasteiger partial charge on any atom is -0.356 e. The van der Waals surface area contributed by atoms with E-state index in [1.807, 2.05) is 6.92 Å². The average Bonchev–Trinajstić information content (AvgIpc) is 2.94. The molecule has 0 bridgehead atoms. The van der Waals surface area contributed by atoms with Gasteiger partial charge in [-0.1, -0.05) is 23.1 Å². The molecule has 1 aliphatic heterocycles. The van der Waals surface area contributed by atoms with Gasteiger partial charge in [0.25, 0.3) is 0 Å². The normalized spacial score (nSPS) is 20.9. The van der Waals surface area contributed by atoms with Gasteiger partial charge in [-0.15, -0.1) is 10.2 Å². The van der Waals surface area contributed by atoms with Crippen LogP contribution >= 0.6 is 23.1 Å². The highest BCUT2D eigenvalue weighted by Crippen LogP contribution is 2.22. The Morgan fingerprint density at radius 1 is 1.50 bits per heavy atom. The van der Waals surface area contributed by atoms with Crippen LogP contribution in [0.4, 0.5) is 0 Å². The lowest BCUT2D eigenvalue weighted by atomic mass is 10.1. The van der Waals surface area contributed by atoms with Crippen LogP contribution in [0.2, 0.25) is 0 Å². The molecule has 1 aromatic rings. The molecule has 1 fully saturated rings. The Bertz CT molecular complexity index is 570. The summed E-state index contributed by atoms with van der Waals surface area (Å²) in [6.07, 6.45) is 1.28. The molecule has 0 spiro atoms. The molecule has 0 radical (unpaired) electrons. The summed E-state index contributed by atoms with van der Waals surface area (Å²) >= 11 is 3.18. The first-order valence-electron chi connectivity index (χ1n) is 6.37. The number of amides is 1. The van der Waals surface area contributed by atoms with Gasteiger partial charge in [0.05, 0.1) is 17.4 Å². The van der Waals surface area contributed by atoms with Crippen LogP contribution in [0.5, 0.6) is 0 Å². The van der Waals surface area contributed by atoms with E-state index < -0.39 is 9.84 Å². The van der Waals surface area contributed by atoms with Crippen molar-refractivity contribution in [3.05, 3.63) is 5.01 Å². The maximum atomic E-state index is 11.8. The van der Waals surface area contributed by atoms with Crippen molar-refractivity contribution in [3.8, 4) is 0 Å². The number of nitrogens with zero attached hydrogens (tertiary/aromatic N) is 2. The number of hydrogen-bond acceptors (Lipinski definition) is 7. The number of nitrogens with one attached hydrogen (secondary N) is 1. The zero-order valence-electron chi connectivity index (χ0n) is 11.2. The highest BCUT2D eigenvalue weighted by molar-refractivity contribution is 8.01. The summed E-state index contributed by atoms with van der Waals surface area (Å²) in [5.74, 6) is 0.494. The molecule has 1 saturated heterocycles. The number of rotatable bonds is 6. The van der Waals surface area contributed by atoms with Crippen LogP contribution in [-0.2, 0) is 14.6 Å². The third kappa shape index (κ3) is 4.71. The monoisotopic (exact) mass is 335 g/mol. The molecule has 1 aliphatic rings. The van der Waals surface area contributed by atoms with Gasteiger partial charge in [0.2, 0.25) is 5.91 Å². The molecule has 1 amide bonds. The smallest absolute Gasteiger partial charge is 0.224 e. The van der Waals surface area contributed by atoms with Gasteiger partial charge in [-0.25, -0.2) is 8.42 Å². The van der Waals surface area contributed by atoms with E-state index in [4.69, 9.17) is 0 Å². The van der Waals surface area contributed by atoms with Crippen LogP contribution in [0.25, 0.3) is 0 Å². The van der Waals surface area contributed by atoms with E-state index in [1.54, 1.807) is 23.1 Å². The topological polar surface area (TPSA) is 89.0 Å². The second-order valence-corrected chi connectivity index (χ2v) is 9.43. The first-order chi connectivity index (χ1) is 9.46. The van der Waals surface area contributed by atoms with Crippen molar-refractivity contribution < 1.29 is 13.2 Å². The molecule has 2 heterocycles. The number of carbonyl (C=O) groups is 1. The van der Waals surface area contributed by atoms with E-state index in [-0.39, 0.29) is 23.3 Å². The largest absolute Gasteiger partial charge is 0.356 e. The second kappa shape index (κ2) is 6.86. The van der Waals surface area contributed by atoms with Crippen LogP contribution < -0.4 is 5.32 Å². The summed E-state index contributed by atoms with van der Waals surface area (Å²) in [5, 5.41) is 11.7. The van der Waals surface area contributed by atoms with Crippen molar-refractivity contribution in [2.45, 2.75) is 24.1 Å². The number of hydrogen-bond donors (Lipinski definition) is 1. The number of aryl methyl sites for hydroxylation is 1. The standard InChI is InChI=1S/C11H17N3O3S3/c1-8-13-14-11(19-8)18-5-2-4-12-10(15)9-3-6-20(16,17)7-9/h9H,2-7H2,1H3,(H,12,15). The van der Waals surface area contributed by atoms with Crippen molar-refractivity contribution in [1.82, 2.24) is 15.5 Å². The Labute approximate surface area is 126 Å². The summed E-state index contributed by atoms with van der Waals surface area (Å²) < 4.78 is 23.5. The maximum Gasteiger partial charge on any atom is 0.224 e. The highest BCUT2D eigenvalue weighted by Gasteiger charge is 2.32. The lowest BCUT2D eigenvalue weighted by molar-refractivity contribution is -0.124. The van der Waals surface area contributed by atoms with Crippen LogP contribution in [0.3, 0.4) is 0 Å². The van der Waals surface area contributed by atoms with Crippen molar-refractivity contribution >= 4 is 38.8 Å². The average molecular weight is 335 g/mol. The minimum atomic E-state index is -2.99. The third-order valence-corrected chi connectivity index (χ3v) is 6.78. The van der Waals surface area contributed by atoms with Gasteiger partial charge in [-0.05, 0) is 19.8 Å². The molecule has 112 valence electrons. The number of aromatic nitrogens is 2. The molecular weight excluding hydrogens is 318 g/mol. The van der Waals surface area contributed by atoms with E-state index in [0.717, 1.165) is 21.5 Å². The van der Waals surface area contributed by atoms with Crippen molar-refractivity contribution in [2.75, 3.05) is 23.8 Å². The fourth-order valence-corrected chi connectivity index (χ4v) is 5.49. The van der Waals surface area contributed by atoms with Crippen LogP contribution in [-0.4, -0.2) is 48.3 Å².